The molecule has 0 radical (unpaired) electrons. The number of aryl methyl sites for hydroxylation is 1. The zero-order valence-corrected chi connectivity index (χ0v) is 10.8. The van der Waals surface area contributed by atoms with Crippen LogP contribution in [0.1, 0.15) is 11.1 Å². The fourth-order valence-corrected chi connectivity index (χ4v) is 1.70. The zero-order valence-electron chi connectivity index (χ0n) is 10.0. The van der Waals surface area contributed by atoms with E-state index in [0.29, 0.717) is 16.3 Å². The molecular formula is C12H11ClN4O2. The van der Waals surface area contributed by atoms with E-state index in [1.54, 1.807) is 25.3 Å². The van der Waals surface area contributed by atoms with Gasteiger partial charge in [0.15, 0.2) is 5.84 Å². The zero-order chi connectivity index (χ0) is 13.8. The van der Waals surface area contributed by atoms with Crippen LogP contribution in [0, 0.1) is 6.92 Å². The molecule has 2 aromatic rings. The first-order chi connectivity index (χ1) is 9.11. The molecule has 0 aliphatic heterocycles. The predicted molar refractivity (Wildman–Crippen MR) is 70.8 cm³/mol. The second-order valence-electron chi connectivity index (χ2n) is 3.73. The number of nitrogens with zero attached hydrogens (tertiary/aromatic N) is 3. The van der Waals surface area contributed by atoms with Gasteiger partial charge in [-0.15, -0.1) is 0 Å². The van der Waals surface area contributed by atoms with Crippen LogP contribution < -0.4 is 10.5 Å². The molecule has 19 heavy (non-hydrogen) atoms. The molecule has 7 heteroatoms. The smallest absolute Gasteiger partial charge is 0.230 e. The van der Waals surface area contributed by atoms with Crippen LogP contribution in [0.4, 0.5) is 0 Å². The molecule has 0 saturated carbocycles. The molecule has 3 N–H and O–H groups in total. The van der Waals surface area contributed by atoms with Crippen molar-refractivity contribution in [3.8, 4) is 11.6 Å². The van der Waals surface area contributed by atoms with Crippen molar-refractivity contribution in [1.82, 2.24) is 9.97 Å². The maximum atomic E-state index is 8.79. The summed E-state index contributed by atoms with van der Waals surface area (Å²) in [6.07, 6.45) is 4.55. The first-order valence-electron chi connectivity index (χ1n) is 5.33. The number of aromatic nitrogens is 2. The van der Waals surface area contributed by atoms with Crippen LogP contribution >= 0.6 is 11.6 Å². The highest BCUT2D eigenvalue weighted by atomic mass is 35.5. The molecule has 2 rings (SSSR count). The lowest BCUT2D eigenvalue weighted by Crippen LogP contribution is -2.16. The highest BCUT2D eigenvalue weighted by Crippen LogP contribution is 2.26. The molecule has 0 amide bonds. The molecule has 0 atom stereocenters. The lowest BCUT2D eigenvalue weighted by Gasteiger charge is -2.10. The largest absolute Gasteiger partial charge is 0.437 e. The molecular weight excluding hydrogens is 268 g/mol. The van der Waals surface area contributed by atoms with Crippen LogP contribution in [0.15, 0.2) is 35.9 Å². The molecule has 6 nitrogen and oxygen atoms in total. The van der Waals surface area contributed by atoms with E-state index in [1.807, 2.05) is 0 Å². The van der Waals surface area contributed by atoms with Crippen molar-refractivity contribution < 1.29 is 9.94 Å². The summed E-state index contributed by atoms with van der Waals surface area (Å²) in [4.78, 5) is 7.97. The molecule has 0 fully saturated rings. The average Bonchev–Trinajstić information content (AvgIpc) is 2.38. The Morgan fingerprint density at radius 3 is 2.95 bits per heavy atom. The monoisotopic (exact) mass is 278 g/mol. The number of hydrogen-bond donors (Lipinski definition) is 2. The van der Waals surface area contributed by atoms with E-state index in [9.17, 15) is 0 Å². The maximum Gasteiger partial charge on any atom is 0.230 e. The number of rotatable bonds is 3. The third-order valence-electron chi connectivity index (χ3n) is 2.38. The van der Waals surface area contributed by atoms with Crippen molar-refractivity contribution in [3.05, 3.63) is 46.9 Å². The van der Waals surface area contributed by atoms with Crippen LogP contribution in [-0.2, 0) is 0 Å². The Labute approximate surface area is 114 Å². The van der Waals surface area contributed by atoms with E-state index >= 15 is 0 Å². The lowest BCUT2D eigenvalue weighted by atomic mass is 10.1. The van der Waals surface area contributed by atoms with E-state index in [-0.39, 0.29) is 11.7 Å². The first kappa shape index (κ1) is 13.1. The summed E-state index contributed by atoms with van der Waals surface area (Å²) in [7, 11) is 0. The minimum absolute atomic E-state index is 0.0735. The summed E-state index contributed by atoms with van der Waals surface area (Å²) in [6, 6.07) is 3.32. The van der Waals surface area contributed by atoms with Gasteiger partial charge in [0, 0.05) is 18.5 Å². The quantitative estimate of drug-likeness (QED) is 0.389. The van der Waals surface area contributed by atoms with Crippen molar-refractivity contribution in [2.75, 3.05) is 0 Å². The van der Waals surface area contributed by atoms with Crippen LogP contribution in [0.2, 0.25) is 5.02 Å². The summed E-state index contributed by atoms with van der Waals surface area (Å²) >= 11 is 5.82. The molecule has 0 unspecified atom stereocenters. The fourth-order valence-electron chi connectivity index (χ4n) is 1.53. The molecule has 0 aliphatic carbocycles. The van der Waals surface area contributed by atoms with Crippen LogP contribution in [0.25, 0.3) is 0 Å². The van der Waals surface area contributed by atoms with Crippen molar-refractivity contribution in [2.24, 2.45) is 10.9 Å². The summed E-state index contributed by atoms with van der Waals surface area (Å²) in [5.41, 5.74) is 6.81. The van der Waals surface area contributed by atoms with Crippen molar-refractivity contribution in [2.45, 2.75) is 6.92 Å². The van der Waals surface area contributed by atoms with Gasteiger partial charge in [-0.25, -0.2) is 4.98 Å². The van der Waals surface area contributed by atoms with Gasteiger partial charge in [-0.2, -0.15) is 0 Å². The van der Waals surface area contributed by atoms with Gasteiger partial charge >= 0.3 is 0 Å². The van der Waals surface area contributed by atoms with Crippen LogP contribution in [0.5, 0.6) is 11.6 Å². The number of halogens is 1. The van der Waals surface area contributed by atoms with Crippen molar-refractivity contribution in [1.29, 1.82) is 0 Å². The van der Waals surface area contributed by atoms with Gasteiger partial charge in [0.2, 0.25) is 5.88 Å². The molecule has 98 valence electrons. The number of amidine groups is 1. The predicted octanol–water partition coefficient (Wildman–Crippen LogP) is 2.33. The Morgan fingerprint density at radius 2 is 2.26 bits per heavy atom. The second kappa shape index (κ2) is 5.53. The van der Waals surface area contributed by atoms with E-state index in [0.717, 1.165) is 5.56 Å². The summed E-state index contributed by atoms with van der Waals surface area (Å²) in [6.45, 7) is 1.80. The molecule has 2 heterocycles. The fraction of sp³-hybridized carbons (Fsp3) is 0.0833. The molecule has 0 saturated heterocycles. The second-order valence-corrected chi connectivity index (χ2v) is 4.17. The summed E-state index contributed by atoms with van der Waals surface area (Å²) < 4.78 is 5.56. The van der Waals surface area contributed by atoms with Gasteiger partial charge in [-0.05, 0) is 18.6 Å². The van der Waals surface area contributed by atoms with Crippen LogP contribution in [0.3, 0.4) is 0 Å². The summed E-state index contributed by atoms with van der Waals surface area (Å²) in [5.74, 6) is 0.563. The van der Waals surface area contributed by atoms with E-state index < -0.39 is 0 Å². The lowest BCUT2D eigenvalue weighted by molar-refractivity contribution is 0.318. The third-order valence-corrected chi connectivity index (χ3v) is 2.59. The number of pyridine rings is 2. The minimum Gasteiger partial charge on any atom is -0.437 e. The molecule has 2 aromatic heterocycles. The highest BCUT2D eigenvalue weighted by molar-refractivity contribution is 6.30. The topological polar surface area (TPSA) is 93.6 Å². The standard InChI is InChI=1S/C12H11ClN4O2/c1-7-2-3-16-12(10(7)11(14)17-18)19-9-4-8(13)5-15-6-9/h2-6,18H,1H3,(H2,14,17). The normalized spacial score (nSPS) is 11.4. The van der Waals surface area contributed by atoms with Crippen molar-refractivity contribution in [3.63, 3.8) is 0 Å². The van der Waals surface area contributed by atoms with E-state index in [1.165, 1.54) is 12.4 Å². The third kappa shape index (κ3) is 2.92. The first-order valence-corrected chi connectivity index (χ1v) is 5.71. The molecule has 0 aliphatic rings. The number of oxime groups is 1. The SMILES string of the molecule is Cc1ccnc(Oc2cncc(Cl)c2)c1/C(N)=N/O. The Kier molecular flexibility index (Phi) is 3.82. The summed E-state index contributed by atoms with van der Waals surface area (Å²) in [5, 5.41) is 12.2. The molecule has 0 spiro atoms. The van der Waals surface area contributed by atoms with Gasteiger partial charge in [0.05, 0.1) is 16.8 Å². The minimum atomic E-state index is -0.0735. The highest BCUT2D eigenvalue weighted by Gasteiger charge is 2.14. The average molecular weight is 279 g/mol. The van der Waals surface area contributed by atoms with Gasteiger partial charge in [-0.1, -0.05) is 16.8 Å². The maximum absolute atomic E-state index is 8.79. The Bertz CT molecular complexity index is 631. The van der Waals surface area contributed by atoms with Crippen LogP contribution in [-0.4, -0.2) is 21.0 Å². The number of ether oxygens (including phenoxy) is 1. The van der Waals surface area contributed by atoms with Gasteiger partial charge in [-0.3, -0.25) is 4.98 Å². The Balaban J connectivity index is 2.43. The number of nitrogens with two attached hydrogens (primary N) is 1. The van der Waals surface area contributed by atoms with Gasteiger partial charge < -0.3 is 15.7 Å². The Hall–Kier alpha value is -2.34. The molecule has 0 bridgehead atoms. The van der Waals surface area contributed by atoms with Crippen molar-refractivity contribution >= 4 is 17.4 Å². The Morgan fingerprint density at radius 1 is 1.47 bits per heavy atom. The van der Waals surface area contributed by atoms with Gasteiger partial charge in [0.1, 0.15) is 5.75 Å². The number of hydrogen-bond acceptors (Lipinski definition) is 5. The van der Waals surface area contributed by atoms with E-state index in [4.69, 9.17) is 27.3 Å². The van der Waals surface area contributed by atoms with Gasteiger partial charge in [0.25, 0.3) is 0 Å². The molecule has 0 aromatic carbocycles. The van der Waals surface area contributed by atoms with E-state index in [2.05, 4.69) is 15.1 Å².